The van der Waals surface area contributed by atoms with Crippen LogP contribution in [0.2, 0.25) is 5.02 Å². The van der Waals surface area contributed by atoms with E-state index in [0.29, 0.717) is 5.75 Å². The molecule has 1 unspecified atom stereocenters. The second kappa shape index (κ2) is 4.15. The van der Waals surface area contributed by atoms with Gasteiger partial charge in [-0.1, -0.05) is 17.5 Å². The highest BCUT2D eigenvalue weighted by Gasteiger charge is 2.05. The Bertz CT molecular complexity index is 343. The van der Waals surface area contributed by atoms with Crippen molar-refractivity contribution < 1.29 is 9.13 Å². The SMILES string of the molecule is C#CC(C)Oc1c[c]c(F)cc1Cl. The van der Waals surface area contributed by atoms with Crippen LogP contribution in [0.15, 0.2) is 12.1 Å². The quantitative estimate of drug-likeness (QED) is 0.663. The molecular formula is C10H7ClFO. The van der Waals surface area contributed by atoms with Crippen LogP contribution >= 0.6 is 11.6 Å². The van der Waals surface area contributed by atoms with Gasteiger partial charge in [-0.3, -0.25) is 0 Å². The molecule has 0 N–H and O–H groups in total. The third-order valence-corrected chi connectivity index (χ3v) is 1.66. The number of benzene rings is 1. The van der Waals surface area contributed by atoms with E-state index >= 15 is 0 Å². The fourth-order valence-electron chi connectivity index (χ4n) is 0.742. The lowest BCUT2D eigenvalue weighted by atomic mass is 10.3. The molecule has 67 valence electrons. The van der Waals surface area contributed by atoms with E-state index in [2.05, 4.69) is 12.0 Å². The minimum Gasteiger partial charge on any atom is -0.476 e. The maximum absolute atomic E-state index is 12.5. The minimum absolute atomic E-state index is 0.193. The van der Waals surface area contributed by atoms with Crippen LogP contribution in [0.4, 0.5) is 4.39 Å². The number of terminal acetylenes is 1. The van der Waals surface area contributed by atoms with Gasteiger partial charge in [-0.25, -0.2) is 4.39 Å². The van der Waals surface area contributed by atoms with Crippen molar-refractivity contribution in [1.29, 1.82) is 0 Å². The molecule has 0 aromatic heterocycles. The monoisotopic (exact) mass is 197 g/mol. The molecular weight excluding hydrogens is 191 g/mol. The number of hydrogen-bond donors (Lipinski definition) is 0. The van der Waals surface area contributed by atoms with Crippen molar-refractivity contribution in [2.45, 2.75) is 13.0 Å². The predicted molar refractivity (Wildman–Crippen MR) is 49.2 cm³/mol. The van der Waals surface area contributed by atoms with E-state index in [4.69, 9.17) is 22.8 Å². The summed E-state index contributed by atoms with van der Waals surface area (Å²) in [6, 6.07) is 4.78. The predicted octanol–water partition coefficient (Wildman–Crippen LogP) is 2.68. The molecule has 0 bridgehead atoms. The number of rotatable bonds is 2. The van der Waals surface area contributed by atoms with Crippen LogP contribution < -0.4 is 4.74 Å². The van der Waals surface area contributed by atoms with Crippen molar-refractivity contribution in [3.63, 3.8) is 0 Å². The van der Waals surface area contributed by atoms with Crippen LogP contribution in [-0.4, -0.2) is 6.10 Å². The second-order valence-electron chi connectivity index (χ2n) is 2.42. The Kier molecular flexibility index (Phi) is 3.16. The minimum atomic E-state index is -0.522. The highest BCUT2D eigenvalue weighted by atomic mass is 35.5. The van der Waals surface area contributed by atoms with E-state index in [1.54, 1.807) is 6.92 Å². The summed E-state index contributed by atoms with van der Waals surface area (Å²) in [5, 5.41) is 0.193. The lowest BCUT2D eigenvalue weighted by Crippen LogP contribution is -2.08. The van der Waals surface area contributed by atoms with E-state index in [-0.39, 0.29) is 5.02 Å². The Labute approximate surface area is 81.5 Å². The first-order valence-electron chi connectivity index (χ1n) is 3.63. The summed E-state index contributed by atoms with van der Waals surface area (Å²) in [6.07, 6.45) is 4.71. The van der Waals surface area contributed by atoms with Crippen molar-refractivity contribution in [3.05, 3.63) is 29.0 Å². The van der Waals surface area contributed by atoms with Gasteiger partial charge in [0.2, 0.25) is 0 Å². The molecule has 0 aliphatic rings. The molecule has 1 nitrogen and oxygen atoms in total. The van der Waals surface area contributed by atoms with Gasteiger partial charge >= 0.3 is 0 Å². The van der Waals surface area contributed by atoms with E-state index in [1.807, 2.05) is 0 Å². The lowest BCUT2D eigenvalue weighted by molar-refractivity contribution is 0.279. The maximum atomic E-state index is 12.5. The summed E-state index contributed by atoms with van der Waals surface area (Å²) >= 11 is 5.68. The second-order valence-corrected chi connectivity index (χ2v) is 2.83. The normalized spacial score (nSPS) is 11.8. The Morgan fingerprint density at radius 3 is 3.00 bits per heavy atom. The summed E-state index contributed by atoms with van der Waals surface area (Å²) < 4.78 is 17.7. The topological polar surface area (TPSA) is 9.23 Å². The van der Waals surface area contributed by atoms with E-state index in [0.717, 1.165) is 6.07 Å². The van der Waals surface area contributed by atoms with Gasteiger partial charge in [-0.2, -0.15) is 0 Å². The van der Waals surface area contributed by atoms with Gasteiger partial charge in [0, 0.05) is 6.07 Å². The summed E-state index contributed by atoms with van der Waals surface area (Å²) in [5.74, 6) is 2.19. The van der Waals surface area contributed by atoms with Gasteiger partial charge in [0.05, 0.1) is 5.02 Å². The largest absolute Gasteiger partial charge is 0.476 e. The molecule has 0 amide bonds. The zero-order valence-electron chi connectivity index (χ0n) is 6.97. The van der Waals surface area contributed by atoms with Gasteiger partial charge in [0.25, 0.3) is 0 Å². The van der Waals surface area contributed by atoms with Crippen LogP contribution in [0.3, 0.4) is 0 Å². The van der Waals surface area contributed by atoms with Gasteiger partial charge in [0.1, 0.15) is 11.6 Å². The van der Waals surface area contributed by atoms with E-state index in [9.17, 15) is 4.39 Å². The Balaban J connectivity index is 2.85. The first kappa shape index (κ1) is 9.88. The Morgan fingerprint density at radius 1 is 1.77 bits per heavy atom. The van der Waals surface area contributed by atoms with Gasteiger partial charge in [-0.15, -0.1) is 6.42 Å². The Hall–Kier alpha value is -1.20. The van der Waals surface area contributed by atoms with Crippen molar-refractivity contribution in [2.75, 3.05) is 0 Å². The van der Waals surface area contributed by atoms with Crippen LogP contribution in [0.1, 0.15) is 6.92 Å². The summed E-state index contributed by atoms with van der Waals surface area (Å²) in [5.41, 5.74) is 0. The highest BCUT2D eigenvalue weighted by Crippen LogP contribution is 2.25. The molecule has 1 aromatic carbocycles. The smallest absolute Gasteiger partial charge is 0.156 e. The molecule has 1 aromatic rings. The molecule has 0 heterocycles. The van der Waals surface area contributed by atoms with E-state index < -0.39 is 11.9 Å². The number of hydrogen-bond acceptors (Lipinski definition) is 1. The number of halogens is 2. The van der Waals surface area contributed by atoms with Crippen molar-refractivity contribution >= 4 is 11.6 Å². The molecule has 0 saturated carbocycles. The molecule has 0 aliphatic carbocycles. The van der Waals surface area contributed by atoms with Crippen LogP contribution in [0, 0.1) is 24.2 Å². The zero-order valence-corrected chi connectivity index (χ0v) is 7.73. The van der Waals surface area contributed by atoms with Gasteiger partial charge in [0.15, 0.2) is 6.10 Å². The molecule has 0 spiro atoms. The van der Waals surface area contributed by atoms with Crippen LogP contribution in [-0.2, 0) is 0 Å². The molecule has 1 rings (SSSR count). The third-order valence-electron chi connectivity index (χ3n) is 1.37. The van der Waals surface area contributed by atoms with Crippen molar-refractivity contribution in [2.24, 2.45) is 0 Å². The van der Waals surface area contributed by atoms with Gasteiger partial charge in [-0.05, 0) is 19.1 Å². The fourth-order valence-corrected chi connectivity index (χ4v) is 0.937. The maximum Gasteiger partial charge on any atom is 0.156 e. The highest BCUT2D eigenvalue weighted by molar-refractivity contribution is 6.32. The molecule has 13 heavy (non-hydrogen) atoms. The molecule has 0 fully saturated rings. The fraction of sp³-hybridized carbons (Fsp3) is 0.200. The van der Waals surface area contributed by atoms with Crippen LogP contribution in [0.25, 0.3) is 0 Å². The first-order valence-corrected chi connectivity index (χ1v) is 4.01. The lowest BCUT2D eigenvalue weighted by Gasteiger charge is -2.09. The van der Waals surface area contributed by atoms with Crippen LogP contribution in [0.5, 0.6) is 5.75 Å². The van der Waals surface area contributed by atoms with E-state index in [1.165, 1.54) is 6.07 Å². The Morgan fingerprint density at radius 2 is 2.46 bits per heavy atom. The van der Waals surface area contributed by atoms with Crippen molar-refractivity contribution in [3.8, 4) is 18.1 Å². The average Bonchev–Trinajstić information content (AvgIpc) is 2.09. The summed E-state index contributed by atoms with van der Waals surface area (Å²) in [4.78, 5) is 0. The standard InChI is InChI=1S/C10H7ClFO/c1-3-7(2)13-10-5-4-8(12)6-9(10)11/h1,5-7H,2H3. The van der Waals surface area contributed by atoms with Crippen molar-refractivity contribution in [1.82, 2.24) is 0 Å². The summed E-state index contributed by atoms with van der Waals surface area (Å²) in [7, 11) is 0. The average molecular weight is 198 g/mol. The molecule has 0 saturated heterocycles. The summed E-state index contributed by atoms with van der Waals surface area (Å²) in [6.45, 7) is 1.69. The molecule has 1 radical (unpaired) electrons. The zero-order chi connectivity index (χ0) is 9.84. The molecule has 0 aliphatic heterocycles. The van der Waals surface area contributed by atoms with Gasteiger partial charge < -0.3 is 4.74 Å². The molecule has 3 heteroatoms. The number of ether oxygens (including phenoxy) is 1. The molecule has 1 atom stereocenters. The first-order chi connectivity index (χ1) is 6.13. The third kappa shape index (κ3) is 2.64.